The summed E-state index contributed by atoms with van der Waals surface area (Å²) in [5.74, 6) is 0.716. The van der Waals surface area contributed by atoms with Gasteiger partial charge in [0, 0.05) is 31.2 Å². The standard InChI is InChI=1S/C24H30N4O3S2/c1-3-4-9-27-21(26-10-12-31-13-11-26)18(16(2)19(15-25)22(27)29)14-20-23(30)28(24(32)33-20)17-7-5-6-8-17/h14,17H,3-13H2,1-2H3/b20-14+. The van der Waals surface area contributed by atoms with Crippen molar-refractivity contribution in [3.8, 4) is 6.07 Å². The third-order valence-corrected chi connectivity index (χ3v) is 8.01. The van der Waals surface area contributed by atoms with Crippen molar-refractivity contribution in [1.82, 2.24) is 9.47 Å². The average Bonchev–Trinajstić information content (AvgIpc) is 3.43. The zero-order chi connectivity index (χ0) is 23.5. The number of thioether (sulfide) groups is 1. The van der Waals surface area contributed by atoms with Crippen molar-refractivity contribution < 1.29 is 9.53 Å². The van der Waals surface area contributed by atoms with Gasteiger partial charge in [-0.3, -0.25) is 19.1 Å². The van der Waals surface area contributed by atoms with E-state index in [1.165, 1.54) is 11.8 Å². The lowest BCUT2D eigenvalue weighted by atomic mass is 10.0. The van der Waals surface area contributed by atoms with Gasteiger partial charge in [0.2, 0.25) is 0 Å². The highest BCUT2D eigenvalue weighted by atomic mass is 32.2. The minimum atomic E-state index is -0.263. The van der Waals surface area contributed by atoms with Crippen LogP contribution < -0.4 is 10.5 Å². The summed E-state index contributed by atoms with van der Waals surface area (Å²) in [6.45, 7) is 6.86. The first-order valence-corrected chi connectivity index (χ1v) is 13.0. The molecule has 1 aliphatic carbocycles. The number of unbranched alkanes of at least 4 members (excludes halogenated alkanes) is 1. The molecule has 9 heteroatoms. The lowest BCUT2D eigenvalue weighted by molar-refractivity contribution is -0.123. The molecule has 4 rings (SSSR count). The predicted octanol–water partition coefficient (Wildman–Crippen LogP) is 3.81. The van der Waals surface area contributed by atoms with Crippen LogP contribution in [0.5, 0.6) is 0 Å². The van der Waals surface area contributed by atoms with Crippen LogP contribution in [0.15, 0.2) is 9.70 Å². The van der Waals surface area contributed by atoms with Crippen LogP contribution in [0, 0.1) is 18.3 Å². The first kappa shape index (κ1) is 24.0. The molecule has 0 N–H and O–H groups in total. The highest BCUT2D eigenvalue weighted by Gasteiger charge is 2.38. The number of anilines is 1. The van der Waals surface area contributed by atoms with E-state index in [1.54, 1.807) is 16.4 Å². The van der Waals surface area contributed by atoms with Gasteiger partial charge in [-0.2, -0.15) is 5.26 Å². The van der Waals surface area contributed by atoms with Crippen LogP contribution in [-0.4, -0.2) is 52.0 Å². The number of carbonyl (C=O) groups is 1. The van der Waals surface area contributed by atoms with Crippen LogP contribution >= 0.6 is 24.0 Å². The van der Waals surface area contributed by atoms with Crippen LogP contribution in [0.25, 0.3) is 6.08 Å². The van der Waals surface area contributed by atoms with Crippen molar-refractivity contribution in [2.24, 2.45) is 0 Å². The molecule has 7 nitrogen and oxygen atoms in total. The van der Waals surface area contributed by atoms with Gasteiger partial charge in [-0.15, -0.1) is 0 Å². The number of thiocarbonyl (C=S) groups is 1. The molecule has 2 aliphatic heterocycles. The smallest absolute Gasteiger partial charge is 0.270 e. The van der Waals surface area contributed by atoms with E-state index in [1.807, 2.05) is 6.08 Å². The largest absolute Gasteiger partial charge is 0.378 e. The van der Waals surface area contributed by atoms with Crippen LogP contribution in [0.1, 0.15) is 62.1 Å². The van der Waals surface area contributed by atoms with Crippen LogP contribution in [0.2, 0.25) is 0 Å². The second-order valence-electron chi connectivity index (χ2n) is 8.75. The topological polar surface area (TPSA) is 78.6 Å². The molecule has 3 aliphatic rings. The molecule has 0 bridgehead atoms. The van der Waals surface area contributed by atoms with E-state index >= 15 is 0 Å². The number of rotatable bonds is 6. The van der Waals surface area contributed by atoms with E-state index in [9.17, 15) is 14.9 Å². The quantitative estimate of drug-likeness (QED) is 0.447. The number of hydrogen-bond donors (Lipinski definition) is 0. The van der Waals surface area contributed by atoms with Gasteiger partial charge in [0.25, 0.3) is 11.5 Å². The van der Waals surface area contributed by atoms with Gasteiger partial charge in [-0.1, -0.05) is 50.2 Å². The zero-order valence-electron chi connectivity index (χ0n) is 19.3. The summed E-state index contributed by atoms with van der Waals surface area (Å²) in [5, 5.41) is 9.80. The molecular formula is C24H30N4O3S2. The Morgan fingerprint density at radius 2 is 1.94 bits per heavy atom. The Labute approximate surface area is 204 Å². The molecular weight excluding hydrogens is 456 g/mol. The number of ether oxygens (including phenoxy) is 1. The average molecular weight is 487 g/mol. The normalized spacial score (nSPS) is 20.8. The SMILES string of the molecule is CCCCn1c(N2CCOCC2)c(/C=C2/SC(=S)N(C3CCCC3)C2=O)c(C)c(C#N)c1=O. The fraction of sp³-hybridized carbons (Fsp3) is 0.583. The van der Waals surface area contributed by atoms with Crippen molar-refractivity contribution in [3.05, 3.63) is 31.9 Å². The number of hydrogen-bond acceptors (Lipinski definition) is 7. The van der Waals surface area contributed by atoms with Gasteiger partial charge in [-0.05, 0) is 37.8 Å². The Kier molecular flexibility index (Phi) is 7.57. The fourth-order valence-electron chi connectivity index (χ4n) is 4.87. The van der Waals surface area contributed by atoms with E-state index in [0.717, 1.165) is 49.9 Å². The highest BCUT2D eigenvalue weighted by molar-refractivity contribution is 8.26. The molecule has 0 radical (unpaired) electrons. The summed E-state index contributed by atoms with van der Waals surface area (Å²) >= 11 is 6.91. The third kappa shape index (κ3) is 4.61. The Bertz CT molecular complexity index is 1080. The summed E-state index contributed by atoms with van der Waals surface area (Å²) in [6, 6.07) is 2.29. The van der Waals surface area contributed by atoms with Crippen molar-refractivity contribution in [3.63, 3.8) is 0 Å². The molecule has 33 heavy (non-hydrogen) atoms. The van der Waals surface area contributed by atoms with Gasteiger partial charge in [-0.25, -0.2) is 0 Å². The van der Waals surface area contributed by atoms with E-state index in [4.69, 9.17) is 17.0 Å². The van der Waals surface area contributed by atoms with E-state index in [-0.39, 0.29) is 23.1 Å². The van der Waals surface area contributed by atoms with Crippen molar-refractivity contribution in [2.75, 3.05) is 31.2 Å². The molecule has 0 spiro atoms. The predicted molar refractivity (Wildman–Crippen MR) is 135 cm³/mol. The summed E-state index contributed by atoms with van der Waals surface area (Å²) < 4.78 is 7.87. The maximum absolute atomic E-state index is 13.4. The molecule has 0 atom stereocenters. The molecule has 3 heterocycles. The highest BCUT2D eigenvalue weighted by Crippen LogP contribution is 2.39. The molecule has 2 saturated heterocycles. The van der Waals surface area contributed by atoms with Crippen molar-refractivity contribution in [1.29, 1.82) is 5.26 Å². The van der Waals surface area contributed by atoms with Gasteiger partial charge >= 0.3 is 0 Å². The van der Waals surface area contributed by atoms with Crippen molar-refractivity contribution >= 4 is 46.1 Å². The molecule has 1 aromatic rings. The van der Waals surface area contributed by atoms with Gasteiger partial charge < -0.3 is 9.64 Å². The van der Waals surface area contributed by atoms with Gasteiger partial charge in [0.05, 0.1) is 18.1 Å². The lowest BCUT2D eigenvalue weighted by Gasteiger charge is -2.33. The van der Waals surface area contributed by atoms with Crippen LogP contribution in [0.4, 0.5) is 5.82 Å². The second kappa shape index (κ2) is 10.4. The monoisotopic (exact) mass is 486 g/mol. The number of nitriles is 1. The minimum Gasteiger partial charge on any atom is -0.378 e. The number of carbonyl (C=O) groups excluding carboxylic acids is 1. The molecule has 1 amide bonds. The fourth-order valence-corrected chi connectivity index (χ4v) is 6.25. The van der Waals surface area contributed by atoms with Crippen LogP contribution in [0.3, 0.4) is 0 Å². The molecule has 1 saturated carbocycles. The second-order valence-corrected chi connectivity index (χ2v) is 10.4. The maximum atomic E-state index is 13.4. The summed E-state index contributed by atoms with van der Waals surface area (Å²) in [4.78, 5) is 31.1. The molecule has 0 aromatic carbocycles. The summed E-state index contributed by atoms with van der Waals surface area (Å²) in [5.41, 5.74) is 1.25. The lowest BCUT2D eigenvalue weighted by Crippen LogP contribution is -2.41. The summed E-state index contributed by atoms with van der Waals surface area (Å²) in [7, 11) is 0. The minimum absolute atomic E-state index is 0.0611. The number of aromatic nitrogens is 1. The van der Waals surface area contributed by atoms with Gasteiger partial charge in [0.15, 0.2) is 0 Å². The first-order chi connectivity index (χ1) is 16.0. The van der Waals surface area contributed by atoms with Crippen molar-refractivity contribution in [2.45, 2.75) is 65.0 Å². The zero-order valence-corrected chi connectivity index (χ0v) is 20.9. The number of morpholine rings is 1. The Balaban J connectivity index is 1.86. The van der Waals surface area contributed by atoms with Crippen LogP contribution in [-0.2, 0) is 16.1 Å². The Hall–Kier alpha value is -2.15. The summed E-state index contributed by atoms with van der Waals surface area (Å²) in [6.07, 6.45) is 7.83. The molecule has 3 fully saturated rings. The number of pyridine rings is 1. The number of nitrogens with zero attached hydrogens (tertiary/aromatic N) is 4. The van der Waals surface area contributed by atoms with E-state index in [2.05, 4.69) is 17.9 Å². The maximum Gasteiger partial charge on any atom is 0.270 e. The van der Waals surface area contributed by atoms with E-state index < -0.39 is 0 Å². The molecule has 176 valence electrons. The Morgan fingerprint density at radius 1 is 1.24 bits per heavy atom. The first-order valence-electron chi connectivity index (χ1n) is 11.7. The molecule has 1 aromatic heterocycles. The Morgan fingerprint density at radius 3 is 2.58 bits per heavy atom. The van der Waals surface area contributed by atoms with Gasteiger partial charge in [0.1, 0.15) is 21.8 Å². The number of amides is 1. The van der Waals surface area contributed by atoms with E-state index in [0.29, 0.717) is 47.6 Å². The molecule has 0 unspecified atom stereocenters. The third-order valence-electron chi connectivity index (χ3n) is 6.68.